The third kappa shape index (κ3) is 3.63. The number of hydrogen-bond acceptors (Lipinski definition) is 4. The second kappa shape index (κ2) is 7.76. The number of para-hydroxylation sites is 1. The lowest BCUT2D eigenvalue weighted by molar-refractivity contribution is 0.569. The number of nitrogens with one attached hydrogen (secondary N) is 1. The number of halogens is 2. The number of nitrogens with zero attached hydrogens (tertiary/aromatic N) is 3. The van der Waals surface area contributed by atoms with Crippen molar-refractivity contribution in [1.82, 2.24) is 9.97 Å². The van der Waals surface area contributed by atoms with Crippen molar-refractivity contribution < 1.29 is 0 Å². The highest BCUT2D eigenvalue weighted by atomic mass is 35.5. The van der Waals surface area contributed by atoms with Gasteiger partial charge in [0.2, 0.25) is 5.95 Å². The first-order valence-electron chi connectivity index (χ1n) is 9.80. The molecule has 0 atom stereocenters. The van der Waals surface area contributed by atoms with Crippen LogP contribution in [-0.4, -0.2) is 23.1 Å². The predicted octanol–water partition coefficient (Wildman–Crippen LogP) is 5.80. The molecule has 2 fully saturated rings. The third-order valence-electron chi connectivity index (χ3n) is 5.73. The molecule has 1 N–H and O–H groups in total. The molecule has 1 aliphatic carbocycles. The molecule has 1 aromatic heterocycles. The largest absolute Gasteiger partial charge is 0.360 e. The highest BCUT2D eigenvalue weighted by Gasteiger charge is 2.45. The summed E-state index contributed by atoms with van der Waals surface area (Å²) in [5.41, 5.74) is 2.23. The monoisotopic (exact) mass is 414 g/mol. The maximum Gasteiger partial charge on any atom is 0.227 e. The molecular formula is C22H24Cl2N4. The normalized spacial score (nSPS) is 17.8. The Hall–Kier alpha value is -2.04. The van der Waals surface area contributed by atoms with Crippen LogP contribution in [-0.2, 0) is 5.54 Å². The standard InChI is InChI=1S/C22H23ClN4.ClH/c23-17-10-8-16(9-11-17)22(12-13-22)26-20-18-6-2-3-7-19(18)24-21(25-20)27-14-4-1-5-15-27;/h2-3,6-11H,1,4-5,12-15H2,(H,24,25,26);1H. The van der Waals surface area contributed by atoms with Gasteiger partial charge in [0.25, 0.3) is 0 Å². The molecule has 0 unspecified atom stereocenters. The summed E-state index contributed by atoms with van der Waals surface area (Å²) in [5, 5.41) is 5.62. The van der Waals surface area contributed by atoms with Crippen molar-refractivity contribution in [3.63, 3.8) is 0 Å². The van der Waals surface area contributed by atoms with Gasteiger partial charge >= 0.3 is 0 Å². The summed E-state index contributed by atoms with van der Waals surface area (Å²) in [6.45, 7) is 2.08. The predicted molar refractivity (Wildman–Crippen MR) is 119 cm³/mol. The zero-order chi connectivity index (χ0) is 18.3. The second-order valence-corrected chi connectivity index (χ2v) is 8.09. The Bertz CT molecular complexity index is 964. The van der Waals surface area contributed by atoms with Gasteiger partial charge in [-0.1, -0.05) is 35.9 Å². The van der Waals surface area contributed by atoms with Gasteiger partial charge < -0.3 is 10.2 Å². The van der Waals surface area contributed by atoms with E-state index in [9.17, 15) is 0 Å². The minimum Gasteiger partial charge on any atom is -0.360 e. The summed E-state index contributed by atoms with van der Waals surface area (Å²) in [7, 11) is 0. The van der Waals surface area contributed by atoms with Gasteiger partial charge in [0.1, 0.15) is 5.82 Å². The van der Waals surface area contributed by atoms with E-state index >= 15 is 0 Å². The van der Waals surface area contributed by atoms with E-state index in [0.29, 0.717) is 0 Å². The molecule has 0 amide bonds. The number of hydrogen-bond donors (Lipinski definition) is 1. The molecule has 0 radical (unpaired) electrons. The Morgan fingerprint density at radius 1 is 0.893 bits per heavy atom. The molecule has 4 nitrogen and oxygen atoms in total. The van der Waals surface area contributed by atoms with Crippen LogP contribution in [0.25, 0.3) is 10.9 Å². The molecule has 2 aliphatic rings. The van der Waals surface area contributed by atoms with Crippen LogP contribution < -0.4 is 10.2 Å². The molecule has 6 heteroatoms. The van der Waals surface area contributed by atoms with E-state index in [1.807, 2.05) is 18.2 Å². The molecule has 28 heavy (non-hydrogen) atoms. The summed E-state index contributed by atoms with van der Waals surface area (Å²) in [6.07, 6.45) is 5.94. The Kier molecular flexibility index (Phi) is 5.35. The highest BCUT2D eigenvalue weighted by Crippen LogP contribution is 2.49. The van der Waals surface area contributed by atoms with E-state index in [2.05, 4.69) is 40.5 Å². The average Bonchev–Trinajstić information content (AvgIpc) is 3.50. The molecule has 1 saturated carbocycles. The molecule has 1 aliphatic heterocycles. The van der Waals surface area contributed by atoms with Crippen molar-refractivity contribution in [3.05, 3.63) is 59.1 Å². The number of piperidine rings is 1. The molecule has 2 aromatic carbocycles. The smallest absolute Gasteiger partial charge is 0.227 e. The Balaban J connectivity index is 0.00000192. The fourth-order valence-corrected chi connectivity index (χ4v) is 4.13. The first-order chi connectivity index (χ1) is 13.2. The van der Waals surface area contributed by atoms with Gasteiger partial charge in [-0.3, -0.25) is 0 Å². The molecule has 3 aromatic rings. The van der Waals surface area contributed by atoms with Crippen molar-refractivity contribution >= 4 is 46.7 Å². The summed E-state index contributed by atoms with van der Waals surface area (Å²) >= 11 is 6.08. The number of anilines is 2. The lowest BCUT2D eigenvalue weighted by atomic mass is 10.0. The van der Waals surface area contributed by atoms with Crippen molar-refractivity contribution in [2.24, 2.45) is 0 Å². The van der Waals surface area contributed by atoms with Gasteiger partial charge in [0, 0.05) is 23.5 Å². The van der Waals surface area contributed by atoms with E-state index in [1.165, 1.54) is 24.8 Å². The van der Waals surface area contributed by atoms with E-state index in [1.54, 1.807) is 0 Å². The summed E-state index contributed by atoms with van der Waals surface area (Å²) in [4.78, 5) is 12.1. The van der Waals surface area contributed by atoms with Crippen LogP contribution in [0.3, 0.4) is 0 Å². The van der Waals surface area contributed by atoms with Crippen LogP contribution in [0, 0.1) is 0 Å². The number of benzene rings is 2. The molecule has 2 heterocycles. The van der Waals surface area contributed by atoms with Gasteiger partial charge in [0.05, 0.1) is 11.1 Å². The van der Waals surface area contributed by atoms with Crippen molar-refractivity contribution in [3.8, 4) is 0 Å². The fourth-order valence-electron chi connectivity index (χ4n) is 4.00. The first-order valence-corrected chi connectivity index (χ1v) is 10.2. The van der Waals surface area contributed by atoms with Gasteiger partial charge in [0.15, 0.2) is 0 Å². The van der Waals surface area contributed by atoms with Crippen LogP contribution in [0.4, 0.5) is 11.8 Å². The van der Waals surface area contributed by atoms with Crippen molar-refractivity contribution in [1.29, 1.82) is 0 Å². The zero-order valence-corrected chi connectivity index (χ0v) is 17.3. The van der Waals surface area contributed by atoms with Crippen LogP contribution in [0.15, 0.2) is 48.5 Å². The van der Waals surface area contributed by atoms with Crippen molar-refractivity contribution in [2.75, 3.05) is 23.3 Å². The summed E-state index contributed by atoms with van der Waals surface area (Å²) in [6, 6.07) is 16.5. The van der Waals surface area contributed by atoms with E-state index in [0.717, 1.165) is 53.6 Å². The van der Waals surface area contributed by atoms with E-state index < -0.39 is 0 Å². The van der Waals surface area contributed by atoms with Crippen LogP contribution in [0.2, 0.25) is 5.02 Å². The maximum atomic E-state index is 6.08. The SMILES string of the molecule is Cl.Clc1ccc(C2(Nc3nc(N4CCCCC4)nc4ccccc34)CC2)cc1. The first kappa shape index (κ1) is 19.3. The van der Waals surface area contributed by atoms with Crippen LogP contribution in [0.5, 0.6) is 0 Å². The maximum absolute atomic E-state index is 6.08. The Labute approximate surface area is 176 Å². The minimum absolute atomic E-state index is 0. The number of fused-ring (bicyclic) bond motifs is 1. The molecule has 0 spiro atoms. The third-order valence-corrected chi connectivity index (χ3v) is 5.99. The van der Waals surface area contributed by atoms with Crippen LogP contribution >= 0.6 is 24.0 Å². The average molecular weight is 415 g/mol. The Morgan fingerprint density at radius 2 is 1.61 bits per heavy atom. The molecule has 1 saturated heterocycles. The summed E-state index contributed by atoms with van der Waals surface area (Å²) in [5.74, 6) is 1.79. The Morgan fingerprint density at radius 3 is 2.32 bits per heavy atom. The molecular weight excluding hydrogens is 391 g/mol. The fraction of sp³-hybridized carbons (Fsp3) is 0.364. The highest BCUT2D eigenvalue weighted by molar-refractivity contribution is 6.30. The zero-order valence-electron chi connectivity index (χ0n) is 15.7. The van der Waals surface area contributed by atoms with Gasteiger partial charge in [-0.15, -0.1) is 12.4 Å². The lowest BCUT2D eigenvalue weighted by Crippen LogP contribution is -2.31. The lowest BCUT2D eigenvalue weighted by Gasteiger charge is -2.28. The topological polar surface area (TPSA) is 41.1 Å². The molecule has 5 rings (SSSR count). The van der Waals surface area contributed by atoms with E-state index in [-0.39, 0.29) is 17.9 Å². The minimum atomic E-state index is -0.0408. The number of rotatable bonds is 4. The van der Waals surface area contributed by atoms with Crippen molar-refractivity contribution in [2.45, 2.75) is 37.6 Å². The second-order valence-electron chi connectivity index (χ2n) is 7.65. The molecule has 0 bridgehead atoms. The molecule has 146 valence electrons. The number of aromatic nitrogens is 2. The summed E-state index contributed by atoms with van der Waals surface area (Å²) < 4.78 is 0. The van der Waals surface area contributed by atoms with Crippen LogP contribution in [0.1, 0.15) is 37.7 Å². The van der Waals surface area contributed by atoms with Gasteiger partial charge in [-0.25, -0.2) is 4.98 Å². The van der Waals surface area contributed by atoms with Gasteiger partial charge in [-0.05, 0) is 61.9 Å². The van der Waals surface area contributed by atoms with Gasteiger partial charge in [-0.2, -0.15) is 4.98 Å². The van der Waals surface area contributed by atoms with E-state index in [4.69, 9.17) is 21.6 Å². The quantitative estimate of drug-likeness (QED) is 0.585.